The van der Waals surface area contributed by atoms with Gasteiger partial charge in [-0.05, 0) is 25.5 Å². The number of carbonyl (C=O) groups excluding carboxylic acids is 1. The third-order valence-corrected chi connectivity index (χ3v) is 5.73. The molecule has 1 aliphatic heterocycles. The third kappa shape index (κ3) is 5.25. The molecule has 7 heteroatoms. The minimum absolute atomic E-state index is 0.339. The van der Waals surface area contributed by atoms with E-state index in [2.05, 4.69) is 24.8 Å². The molecule has 0 spiro atoms. The number of carbonyl (C=O) groups is 1. The maximum Gasteiger partial charge on any atom is 0.329 e. The van der Waals surface area contributed by atoms with Gasteiger partial charge >= 0.3 is 5.97 Å². The number of esters is 1. The van der Waals surface area contributed by atoms with Gasteiger partial charge in [0.05, 0.1) is 56.4 Å². The molecule has 1 N–H and O–H groups in total. The second-order valence-electron chi connectivity index (χ2n) is 7.80. The Kier molecular flexibility index (Phi) is 7.97. The number of aromatic nitrogens is 2. The van der Waals surface area contributed by atoms with Crippen LogP contribution >= 0.6 is 0 Å². The number of nitrogens with zero attached hydrogens (tertiary/aromatic N) is 4. The Labute approximate surface area is 178 Å². The van der Waals surface area contributed by atoms with E-state index in [0.717, 1.165) is 63.9 Å². The number of fused-ring (bicyclic) bond motifs is 1. The van der Waals surface area contributed by atoms with E-state index < -0.39 is 11.9 Å². The summed E-state index contributed by atoms with van der Waals surface area (Å²) in [5.74, 6) is -0.962. The summed E-state index contributed by atoms with van der Waals surface area (Å²) in [6.07, 6.45) is 4.07. The lowest BCUT2D eigenvalue weighted by Crippen LogP contribution is -3.14. The molecular weight excluding hydrogens is 378 g/mol. The maximum atomic E-state index is 12.7. The van der Waals surface area contributed by atoms with Crippen molar-refractivity contribution in [2.45, 2.75) is 45.4 Å². The first-order valence-corrected chi connectivity index (χ1v) is 11.1. The molecule has 1 aliphatic rings. The molecule has 0 radical (unpaired) electrons. The molecule has 0 saturated carbocycles. The number of nitriles is 1. The van der Waals surface area contributed by atoms with Crippen LogP contribution < -0.4 is 9.80 Å². The highest BCUT2D eigenvalue weighted by molar-refractivity contribution is 5.85. The van der Waals surface area contributed by atoms with Gasteiger partial charge in [-0.25, -0.2) is 9.97 Å². The SMILES string of the molecule is CCCCCCOC(=O)[C@@H](C#N)c1nc2ccccc2nc1N1CC[NH+](CC)CC1. The van der Waals surface area contributed by atoms with Crippen molar-refractivity contribution in [2.24, 2.45) is 0 Å². The zero-order chi connectivity index (χ0) is 21.3. The van der Waals surface area contributed by atoms with Crippen molar-refractivity contribution in [1.82, 2.24) is 9.97 Å². The Balaban J connectivity index is 1.86. The fourth-order valence-corrected chi connectivity index (χ4v) is 3.83. The van der Waals surface area contributed by atoms with Crippen molar-refractivity contribution in [1.29, 1.82) is 5.26 Å². The van der Waals surface area contributed by atoms with Crippen LogP contribution in [-0.4, -0.2) is 55.3 Å². The van der Waals surface area contributed by atoms with Gasteiger partial charge in [0.15, 0.2) is 11.7 Å². The monoisotopic (exact) mass is 410 g/mol. The number of quaternary nitrogens is 1. The first kappa shape index (κ1) is 22.0. The molecule has 0 bridgehead atoms. The molecule has 0 unspecified atom stereocenters. The van der Waals surface area contributed by atoms with Crippen molar-refractivity contribution in [3.63, 3.8) is 0 Å². The summed E-state index contributed by atoms with van der Waals surface area (Å²) in [7, 11) is 0. The Hall–Kier alpha value is -2.72. The van der Waals surface area contributed by atoms with Crippen molar-refractivity contribution >= 4 is 22.8 Å². The predicted molar refractivity (Wildman–Crippen MR) is 116 cm³/mol. The van der Waals surface area contributed by atoms with E-state index in [0.29, 0.717) is 23.6 Å². The number of likely N-dealkylation sites (N-methyl/N-ethyl adjacent to an activating group) is 1. The molecule has 0 aliphatic carbocycles. The number of ether oxygens (including phenoxy) is 1. The number of rotatable bonds is 9. The number of piperazine rings is 1. The van der Waals surface area contributed by atoms with Gasteiger partial charge in [-0.3, -0.25) is 4.79 Å². The van der Waals surface area contributed by atoms with E-state index in [1.165, 1.54) is 0 Å². The van der Waals surface area contributed by atoms with E-state index in [4.69, 9.17) is 14.7 Å². The zero-order valence-electron chi connectivity index (χ0n) is 18.1. The summed E-state index contributed by atoms with van der Waals surface area (Å²) in [6, 6.07) is 9.71. The number of para-hydroxylation sites is 2. The fourth-order valence-electron chi connectivity index (χ4n) is 3.83. The number of anilines is 1. The highest BCUT2D eigenvalue weighted by Gasteiger charge is 2.31. The average Bonchev–Trinajstić information content (AvgIpc) is 2.79. The molecule has 3 rings (SSSR count). The quantitative estimate of drug-likeness (QED) is 0.503. The summed E-state index contributed by atoms with van der Waals surface area (Å²) in [5, 5.41) is 9.82. The molecular formula is C23H32N5O2+. The molecule has 30 heavy (non-hydrogen) atoms. The standard InChI is InChI=1S/C23H31N5O2/c1-3-5-6-9-16-30-23(29)18(17-24)21-22(28-14-12-27(4-2)13-15-28)26-20-11-8-7-10-19(20)25-21/h7-8,10-11,18H,3-6,9,12-16H2,1-2H3/p+1/t18-/m0/s1. The van der Waals surface area contributed by atoms with Crippen LogP contribution in [0.3, 0.4) is 0 Å². The van der Waals surface area contributed by atoms with Crippen LogP contribution in [0.5, 0.6) is 0 Å². The van der Waals surface area contributed by atoms with Crippen molar-refractivity contribution in [2.75, 3.05) is 44.2 Å². The molecule has 1 saturated heterocycles. The van der Waals surface area contributed by atoms with Crippen LogP contribution in [0.2, 0.25) is 0 Å². The first-order chi connectivity index (χ1) is 14.7. The minimum atomic E-state index is -1.07. The molecule has 1 aromatic carbocycles. The van der Waals surface area contributed by atoms with Gasteiger partial charge in [-0.1, -0.05) is 38.3 Å². The predicted octanol–water partition coefficient (Wildman–Crippen LogP) is 2.09. The van der Waals surface area contributed by atoms with Gasteiger partial charge < -0.3 is 14.5 Å². The zero-order valence-corrected chi connectivity index (χ0v) is 18.1. The fraction of sp³-hybridized carbons (Fsp3) is 0.565. The third-order valence-electron chi connectivity index (χ3n) is 5.73. The van der Waals surface area contributed by atoms with E-state index in [-0.39, 0.29) is 0 Å². The number of benzene rings is 1. The number of nitrogens with one attached hydrogen (secondary N) is 1. The lowest BCUT2D eigenvalue weighted by atomic mass is 10.1. The highest BCUT2D eigenvalue weighted by atomic mass is 16.5. The summed E-state index contributed by atoms with van der Waals surface area (Å²) in [5.41, 5.74) is 1.87. The molecule has 0 amide bonds. The molecule has 2 aromatic rings. The van der Waals surface area contributed by atoms with Crippen molar-refractivity contribution < 1.29 is 14.4 Å². The van der Waals surface area contributed by atoms with Crippen LogP contribution in [0.1, 0.15) is 51.1 Å². The van der Waals surface area contributed by atoms with Gasteiger partial charge in [-0.2, -0.15) is 5.26 Å². The minimum Gasteiger partial charge on any atom is -0.464 e. The van der Waals surface area contributed by atoms with Gasteiger partial charge in [0.1, 0.15) is 5.69 Å². The summed E-state index contributed by atoms with van der Waals surface area (Å²) in [4.78, 5) is 26.0. The molecule has 1 aromatic heterocycles. The van der Waals surface area contributed by atoms with Crippen LogP contribution in [0.15, 0.2) is 24.3 Å². The van der Waals surface area contributed by atoms with Gasteiger partial charge in [-0.15, -0.1) is 0 Å². The molecule has 2 heterocycles. The molecule has 1 fully saturated rings. The number of hydrogen-bond acceptors (Lipinski definition) is 6. The topological polar surface area (TPSA) is 83.5 Å². The average molecular weight is 411 g/mol. The highest BCUT2D eigenvalue weighted by Crippen LogP contribution is 2.28. The van der Waals surface area contributed by atoms with Gasteiger partial charge in [0, 0.05) is 0 Å². The largest absolute Gasteiger partial charge is 0.464 e. The van der Waals surface area contributed by atoms with E-state index in [1.54, 1.807) is 4.90 Å². The Bertz CT molecular complexity index is 887. The molecule has 1 atom stereocenters. The summed E-state index contributed by atoms with van der Waals surface area (Å²) < 4.78 is 5.43. The van der Waals surface area contributed by atoms with Gasteiger partial charge in [0.2, 0.25) is 0 Å². The number of unbranched alkanes of at least 4 members (excludes halogenated alkanes) is 3. The normalized spacial score (nSPS) is 15.7. The van der Waals surface area contributed by atoms with Crippen LogP contribution in [0.25, 0.3) is 11.0 Å². The van der Waals surface area contributed by atoms with Crippen LogP contribution in [0.4, 0.5) is 5.82 Å². The Morgan fingerprint density at radius 2 is 1.87 bits per heavy atom. The summed E-state index contributed by atoms with van der Waals surface area (Å²) >= 11 is 0. The molecule has 160 valence electrons. The Morgan fingerprint density at radius 3 is 2.50 bits per heavy atom. The smallest absolute Gasteiger partial charge is 0.329 e. The lowest BCUT2D eigenvalue weighted by Gasteiger charge is -2.33. The second kappa shape index (κ2) is 10.9. The second-order valence-corrected chi connectivity index (χ2v) is 7.80. The van der Waals surface area contributed by atoms with Crippen molar-refractivity contribution in [3.8, 4) is 6.07 Å². The van der Waals surface area contributed by atoms with Crippen molar-refractivity contribution in [3.05, 3.63) is 30.0 Å². The van der Waals surface area contributed by atoms with Crippen LogP contribution in [-0.2, 0) is 9.53 Å². The maximum absolute atomic E-state index is 12.7. The lowest BCUT2D eigenvalue weighted by molar-refractivity contribution is -0.898. The van der Waals surface area contributed by atoms with E-state index >= 15 is 0 Å². The van der Waals surface area contributed by atoms with E-state index in [9.17, 15) is 10.1 Å². The molecule has 7 nitrogen and oxygen atoms in total. The Morgan fingerprint density at radius 1 is 1.17 bits per heavy atom. The van der Waals surface area contributed by atoms with Crippen LogP contribution in [0, 0.1) is 11.3 Å². The number of hydrogen-bond donors (Lipinski definition) is 1. The van der Waals surface area contributed by atoms with E-state index in [1.807, 2.05) is 24.3 Å². The first-order valence-electron chi connectivity index (χ1n) is 11.1. The van der Waals surface area contributed by atoms with Gasteiger partial charge in [0.25, 0.3) is 0 Å². The summed E-state index contributed by atoms with van der Waals surface area (Å²) in [6.45, 7) is 9.42.